The minimum absolute atomic E-state index is 0.0377. The number of fused-ring (bicyclic) bond motifs is 1. The molecule has 1 N–H and O–H groups in total. The highest BCUT2D eigenvalue weighted by Gasteiger charge is 2.34. The van der Waals surface area contributed by atoms with E-state index in [9.17, 15) is 24.0 Å². The summed E-state index contributed by atoms with van der Waals surface area (Å²) in [6.07, 6.45) is -1.38. The zero-order chi connectivity index (χ0) is 12.8. The van der Waals surface area contributed by atoms with Crippen LogP contribution in [-0.2, 0) is 17.3 Å². The second-order valence-electron chi connectivity index (χ2n) is 3.87. The third-order valence-corrected chi connectivity index (χ3v) is 2.62. The minimum Gasteiger partial charge on any atom is -0.364 e. The van der Waals surface area contributed by atoms with Gasteiger partial charge in [-0.2, -0.15) is 0 Å². The molecular weight excluding hydrogens is 236 g/mol. The van der Waals surface area contributed by atoms with Gasteiger partial charge in [0.25, 0.3) is 11.6 Å². The van der Waals surface area contributed by atoms with Crippen molar-refractivity contribution in [2.24, 2.45) is 0 Å². The van der Waals surface area contributed by atoms with E-state index >= 15 is 0 Å². The molecule has 1 aliphatic heterocycles. The Morgan fingerprint density at radius 3 is 2.76 bits per heavy atom. The molecule has 0 saturated carbocycles. The lowest BCUT2D eigenvalue weighted by atomic mass is 10.0. The molecule has 0 fully saturated rings. The molecule has 92 valence electrons. The van der Waals surface area contributed by atoms with E-state index in [0.717, 1.165) is 12.1 Å². The third kappa shape index (κ3) is 1.98. The molecule has 17 heavy (non-hydrogen) atoms. The second kappa shape index (κ2) is 3.71. The summed E-state index contributed by atoms with van der Waals surface area (Å²) >= 11 is 0. The highest BCUT2D eigenvalue weighted by molar-refractivity contribution is 5.51. The van der Waals surface area contributed by atoms with Gasteiger partial charge in [-0.25, -0.2) is 8.78 Å². The molecule has 1 heterocycles. The van der Waals surface area contributed by atoms with Gasteiger partial charge in [-0.15, -0.1) is 0 Å². The van der Waals surface area contributed by atoms with Crippen LogP contribution in [0.3, 0.4) is 0 Å². The number of aliphatic hydroxyl groups excluding tert-OH is 1. The van der Waals surface area contributed by atoms with Crippen LogP contribution in [0.4, 0.5) is 14.5 Å². The number of aliphatic hydroxyl groups is 1. The maximum absolute atomic E-state index is 13.1. The summed E-state index contributed by atoms with van der Waals surface area (Å²) in [6, 6.07) is 1.86. The van der Waals surface area contributed by atoms with Gasteiger partial charge in [0.1, 0.15) is 0 Å². The van der Waals surface area contributed by atoms with Crippen LogP contribution in [-0.4, -0.2) is 10.0 Å². The summed E-state index contributed by atoms with van der Waals surface area (Å²) in [5.41, 5.74) is -0.769. The van der Waals surface area contributed by atoms with Gasteiger partial charge < -0.3 is 9.84 Å². The SMILES string of the molecule is CC(F)(F)c1cc2c(c([N+](=O)[O-])c1)COC2O. The second-order valence-corrected chi connectivity index (χ2v) is 3.87. The van der Waals surface area contributed by atoms with E-state index in [-0.39, 0.29) is 17.7 Å². The first kappa shape index (κ1) is 11.9. The first-order valence-electron chi connectivity index (χ1n) is 4.80. The summed E-state index contributed by atoms with van der Waals surface area (Å²) in [5, 5.41) is 20.2. The lowest BCUT2D eigenvalue weighted by Crippen LogP contribution is -2.09. The first-order chi connectivity index (χ1) is 7.80. The number of ether oxygens (including phenoxy) is 1. The minimum atomic E-state index is -3.21. The number of rotatable bonds is 2. The molecule has 0 aromatic heterocycles. The molecule has 0 bridgehead atoms. The van der Waals surface area contributed by atoms with Gasteiger partial charge in [0, 0.05) is 24.1 Å². The predicted molar refractivity (Wildman–Crippen MR) is 52.4 cm³/mol. The molecule has 7 heteroatoms. The smallest absolute Gasteiger partial charge is 0.275 e. The first-order valence-corrected chi connectivity index (χ1v) is 4.80. The van der Waals surface area contributed by atoms with Crippen molar-refractivity contribution in [3.05, 3.63) is 38.9 Å². The van der Waals surface area contributed by atoms with Gasteiger partial charge in [0.15, 0.2) is 6.29 Å². The molecule has 0 radical (unpaired) electrons. The zero-order valence-electron chi connectivity index (χ0n) is 8.81. The van der Waals surface area contributed by atoms with E-state index in [1.807, 2.05) is 0 Å². The average Bonchev–Trinajstić information content (AvgIpc) is 2.58. The maximum Gasteiger partial charge on any atom is 0.275 e. The van der Waals surface area contributed by atoms with E-state index < -0.39 is 28.4 Å². The van der Waals surface area contributed by atoms with Crippen molar-refractivity contribution in [3.63, 3.8) is 0 Å². The van der Waals surface area contributed by atoms with Gasteiger partial charge >= 0.3 is 0 Å². The molecule has 1 aliphatic rings. The van der Waals surface area contributed by atoms with Gasteiger partial charge in [-0.1, -0.05) is 0 Å². The highest BCUT2D eigenvalue weighted by atomic mass is 19.3. The number of nitro benzene ring substituents is 1. The van der Waals surface area contributed by atoms with Crippen LogP contribution in [0.1, 0.15) is 29.9 Å². The fraction of sp³-hybridized carbons (Fsp3) is 0.400. The standard InChI is InChI=1S/C10H9F2NO4/c1-10(11,12)5-2-6-7(4-17-9(6)14)8(3-5)13(15)16/h2-3,9,14H,4H2,1H3. The van der Waals surface area contributed by atoms with E-state index in [1.54, 1.807) is 0 Å². The molecule has 0 saturated heterocycles. The van der Waals surface area contributed by atoms with Crippen molar-refractivity contribution in [2.75, 3.05) is 0 Å². The van der Waals surface area contributed by atoms with Crippen LogP contribution in [0.15, 0.2) is 12.1 Å². The summed E-state index contributed by atoms with van der Waals surface area (Å²) in [5.74, 6) is -3.21. The summed E-state index contributed by atoms with van der Waals surface area (Å²) in [7, 11) is 0. The molecule has 1 aromatic carbocycles. The largest absolute Gasteiger partial charge is 0.364 e. The number of nitro groups is 1. The quantitative estimate of drug-likeness (QED) is 0.640. The Balaban J connectivity index is 2.65. The summed E-state index contributed by atoms with van der Waals surface area (Å²) in [6.45, 7) is 0.489. The van der Waals surface area contributed by atoms with Gasteiger partial charge in [0.2, 0.25) is 0 Å². The van der Waals surface area contributed by atoms with Crippen molar-refractivity contribution in [3.8, 4) is 0 Å². The van der Waals surface area contributed by atoms with Crippen LogP contribution < -0.4 is 0 Å². The van der Waals surface area contributed by atoms with Crippen molar-refractivity contribution in [2.45, 2.75) is 25.7 Å². The normalized spacial score (nSPS) is 19.2. The molecule has 0 spiro atoms. The van der Waals surface area contributed by atoms with Gasteiger partial charge in [-0.3, -0.25) is 10.1 Å². The zero-order valence-corrected chi connectivity index (χ0v) is 8.81. The van der Waals surface area contributed by atoms with Crippen LogP contribution in [0.25, 0.3) is 0 Å². The number of halogens is 2. The molecule has 2 rings (SSSR count). The molecule has 1 atom stereocenters. The number of hydrogen-bond donors (Lipinski definition) is 1. The number of benzene rings is 1. The Morgan fingerprint density at radius 1 is 1.59 bits per heavy atom. The van der Waals surface area contributed by atoms with E-state index in [0.29, 0.717) is 6.92 Å². The van der Waals surface area contributed by atoms with E-state index in [1.165, 1.54) is 0 Å². The number of nitrogens with zero attached hydrogens (tertiary/aromatic N) is 1. The Morgan fingerprint density at radius 2 is 2.24 bits per heavy atom. The van der Waals surface area contributed by atoms with Crippen LogP contribution in [0, 0.1) is 10.1 Å². The Labute approximate surface area is 94.8 Å². The lowest BCUT2D eigenvalue weighted by Gasteiger charge is -2.12. The van der Waals surface area contributed by atoms with Crippen molar-refractivity contribution in [1.82, 2.24) is 0 Å². The van der Waals surface area contributed by atoms with Crippen molar-refractivity contribution < 1.29 is 23.5 Å². The third-order valence-electron chi connectivity index (χ3n) is 2.62. The van der Waals surface area contributed by atoms with Crippen molar-refractivity contribution in [1.29, 1.82) is 0 Å². The number of hydrogen-bond acceptors (Lipinski definition) is 4. The predicted octanol–water partition coefficient (Wildman–Crippen LogP) is 2.23. The molecule has 5 nitrogen and oxygen atoms in total. The van der Waals surface area contributed by atoms with Crippen LogP contribution in [0.5, 0.6) is 0 Å². The highest BCUT2D eigenvalue weighted by Crippen LogP contribution is 2.39. The van der Waals surface area contributed by atoms with E-state index in [4.69, 9.17) is 4.74 Å². The van der Waals surface area contributed by atoms with Crippen LogP contribution >= 0.6 is 0 Å². The fourth-order valence-electron chi connectivity index (χ4n) is 1.72. The molecule has 0 amide bonds. The Hall–Kier alpha value is -1.60. The van der Waals surface area contributed by atoms with Gasteiger partial charge in [-0.05, 0) is 6.07 Å². The summed E-state index contributed by atoms with van der Waals surface area (Å²) < 4.78 is 31.1. The molecule has 0 aliphatic carbocycles. The summed E-state index contributed by atoms with van der Waals surface area (Å²) in [4.78, 5) is 10.0. The lowest BCUT2D eigenvalue weighted by molar-refractivity contribution is -0.385. The number of alkyl halides is 2. The Kier molecular flexibility index (Phi) is 2.59. The maximum atomic E-state index is 13.1. The molecule has 1 aromatic rings. The van der Waals surface area contributed by atoms with Crippen molar-refractivity contribution >= 4 is 5.69 Å². The monoisotopic (exact) mass is 245 g/mol. The Bertz CT molecular complexity index is 484. The average molecular weight is 245 g/mol. The molecule has 1 unspecified atom stereocenters. The van der Waals surface area contributed by atoms with Gasteiger partial charge in [0.05, 0.1) is 17.1 Å². The van der Waals surface area contributed by atoms with Crippen LogP contribution in [0.2, 0.25) is 0 Å². The van der Waals surface area contributed by atoms with E-state index in [2.05, 4.69) is 0 Å². The molecular formula is C10H9F2NO4. The topological polar surface area (TPSA) is 72.6 Å². The fourth-order valence-corrected chi connectivity index (χ4v) is 1.72.